The molecule has 1 amide bonds. The Morgan fingerprint density at radius 2 is 1.78 bits per heavy atom. The van der Waals surface area contributed by atoms with Gasteiger partial charge in [-0.05, 0) is 49.2 Å². The predicted octanol–water partition coefficient (Wildman–Crippen LogP) is 6.07. The lowest BCUT2D eigenvalue weighted by molar-refractivity contribution is -0.594. The minimum atomic E-state index is -3.02. The van der Waals surface area contributed by atoms with Crippen molar-refractivity contribution < 1.29 is 23.0 Å². The van der Waals surface area contributed by atoms with Crippen molar-refractivity contribution in [2.75, 3.05) is 12.4 Å². The van der Waals surface area contributed by atoms with Crippen LogP contribution in [-0.4, -0.2) is 23.0 Å². The largest absolute Gasteiger partial charge is 0.710 e. The number of nitrogens with zero attached hydrogens (tertiary/aromatic N) is 2. The van der Waals surface area contributed by atoms with Gasteiger partial charge in [-0.2, -0.15) is 0 Å². The number of H-pyrrole nitrogens is 1. The number of aryl methyl sites for hydroxylation is 3. The maximum atomic E-state index is 14.1. The van der Waals surface area contributed by atoms with E-state index in [1.807, 2.05) is 32.0 Å². The molecule has 0 spiro atoms. The number of hydrogen-bond donors (Lipinski definition) is 2. The Morgan fingerprint density at radius 1 is 1.11 bits per heavy atom. The minimum absolute atomic E-state index is 0.0732. The number of amides is 1. The van der Waals surface area contributed by atoms with Gasteiger partial charge < -0.3 is 15.3 Å². The van der Waals surface area contributed by atoms with Crippen molar-refractivity contribution in [2.24, 2.45) is 0 Å². The SMILES string of the molecule is CCC(F)(F)c1cccc(NC(=O)c2c(C)[nH]c(-c3ccc(OC)c(-c4c(C)cccc4C)n3)[n+]2[O-])c1. The quantitative estimate of drug-likeness (QED) is 0.235. The van der Waals surface area contributed by atoms with Crippen molar-refractivity contribution in [1.29, 1.82) is 0 Å². The number of carbonyl (C=O) groups excluding carboxylic acids is 1. The number of anilines is 1. The molecular weight excluding hydrogens is 478 g/mol. The number of alkyl halides is 2. The average molecular weight is 507 g/mol. The molecule has 4 rings (SSSR count). The Labute approximate surface area is 213 Å². The number of halogens is 2. The maximum Gasteiger partial charge on any atom is 0.309 e. The molecule has 0 aliphatic carbocycles. The van der Waals surface area contributed by atoms with E-state index in [-0.39, 0.29) is 29.2 Å². The molecule has 0 fully saturated rings. The monoisotopic (exact) mass is 506 g/mol. The molecular formula is C28H28F2N4O3. The lowest BCUT2D eigenvalue weighted by Crippen LogP contribution is -2.36. The fraction of sp³-hybridized carbons (Fsp3) is 0.250. The Hall–Kier alpha value is -4.27. The summed E-state index contributed by atoms with van der Waals surface area (Å²) in [6.45, 7) is 6.91. The second kappa shape index (κ2) is 10.0. The summed E-state index contributed by atoms with van der Waals surface area (Å²) < 4.78 is 34.2. The van der Waals surface area contributed by atoms with E-state index in [1.54, 1.807) is 26.2 Å². The number of benzene rings is 2. The molecule has 9 heteroatoms. The van der Waals surface area contributed by atoms with Crippen LogP contribution in [0.1, 0.15) is 46.2 Å². The van der Waals surface area contributed by atoms with Gasteiger partial charge in [0, 0.05) is 30.2 Å². The second-order valence-electron chi connectivity index (χ2n) is 8.85. The van der Waals surface area contributed by atoms with Crippen LogP contribution in [0, 0.1) is 26.0 Å². The van der Waals surface area contributed by atoms with Crippen LogP contribution in [0.2, 0.25) is 0 Å². The number of hydrogen-bond acceptors (Lipinski definition) is 4. The fourth-order valence-corrected chi connectivity index (χ4v) is 4.31. The zero-order chi connectivity index (χ0) is 26.9. The summed E-state index contributed by atoms with van der Waals surface area (Å²) in [5, 5.41) is 15.8. The van der Waals surface area contributed by atoms with Crippen LogP contribution in [0.25, 0.3) is 22.8 Å². The summed E-state index contributed by atoms with van der Waals surface area (Å²) >= 11 is 0. The number of aromatic nitrogens is 3. The molecule has 2 heterocycles. The van der Waals surface area contributed by atoms with E-state index in [0.29, 0.717) is 27.6 Å². The van der Waals surface area contributed by atoms with Crippen LogP contribution < -0.4 is 14.8 Å². The van der Waals surface area contributed by atoms with Crippen molar-refractivity contribution in [1.82, 2.24) is 9.97 Å². The lowest BCUT2D eigenvalue weighted by atomic mass is 9.99. The number of rotatable bonds is 7. The third kappa shape index (κ3) is 4.89. The zero-order valence-corrected chi connectivity index (χ0v) is 21.3. The third-order valence-corrected chi connectivity index (χ3v) is 6.31. The zero-order valence-electron chi connectivity index (χ0n) is 21.3. The molecule has 0 saturated carbocycles. The van der Waals surface area contributed by atoms with Gasteiger partial charge in [-0.3, -0.25) is 4.79 Å². The smallest absolute Gasteiger partial charge is 0.309 e. The van der Waals surface area contributed by atoms with Gasteiger partial charge in [0.05, 0.1) is 7.11 Å². The van der Waals surface area contributed by atoms with E-state index >= 15 is 0 Å². The van der Waals surface area contributed by atoms with Gasteiger partial charge in [-0.25, -0.2) is 23.5 Å². The first-order valence-electron chi connectivity index (χ1n) is 11.8. The summed E-state index contributed by atoms with van der Waals surface area (Å²) in [6.07, 6.45) is -0.371. The fourth-order valence-electron chi connectivity index (χ4n) is 4.31. The molecule has 0 aliphatic heterocycles. The Balaban J connectivity index is 1.72. The van der Waals surface area contributed by atoms with Crippen molar-refractivity contribution in [3.05, 3.63) is 87.9 Å². The van der Waals surface area contributed by atoms with E-state index in [4.69, 9.17) is 9.72 Å². The molecule has 2 aromatic carbocycles. The summed E-state index contributed by atoms with van der Waals surface area (Å²) in [6, 6.07) is 14.7. The second-order valence-corrected chi connectivity index (χ2v) is 8.85. The van der Waals surface area contributed by atoms with Crippen LogP contribution >= 0.6 is 0 Å². The molecule has 4 aromatic rings. The highest BCUT2D eigenvalue weighted by Gasteiger charge is 2.30. The standard InChI is InChI=1S/C28H28F2N4O3/c1-6-28(29,30)19-11-8-12-20(15-19)32-27(35)25-18(4)31-26(34(25)36)21-13-14-22(37-5)24(33-21)23-16(2)9-7-10-17(23)3/h7-15,31H,6H2,1-5H3,(H,32,35). The molecule has 0 radical (unpaired) electrons. The number of nitrogens with one attached hydrogen (secondary N) is 2. The van der Waals surface area contributed by atoms with Gasteiger partial charge in [0.1, 0.15) is 11.4 Å². The van der Waals surface area contributed by atoms with Gasteiger partial charge in [0.25, 0.3) is 11.8 Å². The Bertz CT molecular complexity index is 1460. The topological polar surface area (TPSA) is 94.0 Å². The first-order valence-corrected chi connectivity index (χ1v) is 11.8. The molecule has 2 aromatic heterocycles. The Kier molecular flexibility index (Phi) is 6.98. The predicted molar refractivity (Wildman–Crippen MR) is 138 cm³/mol. The van der Waals surface area contributed by atoms with Crippen LogP contribution in [-0.2, 0) is 5.92 Å². The number of aromatic amines is 1. The first kappa shape index (κ1) is 25.8. The van der Waals surface area contributed by atoms with Crippen LogP contribution in [0.5, 0.6) is 5.75 Å². The van der Waals surface area contributed by atoms with Crippen molar-refractivity contribution in [3.63, 3.8) is 0 Å². The van der Waals surface area contributed by atoms with E-state index in [2.05, 4.69) is 10.3 Å². The average Bonchev–Trinajstić information content (AvgIpc) is 3.17. The summed E-state index contributed by atoms with van der Waals surface area (Å²) in [5.41, 5.74) is 3.85. The van der Waals surface area contributed by atoms with Crippen molar-refractivity contribution in [3.8, 4) is 28.5 Å². The molecule has 0 aliphatic rings. The molecule has 0 bridgehead atoms. The summed E-state index contributed by atoms with van der Waals surface area (Å²) in [4.78, 5) is 20.7. The molecule has 7 nitrogen and oxygen atoms in total. The van der Waals surface area contributed by atoms with Crippen LogP contribution in [0.4, 0.5) is 14.5 Å². The van der Waals surface area contributed by atoms with E-state index < -0.39 is 11.8 Å². The number of methoxy groups -OCH3 is 1. The number of ether oxygens (including phenoxy) is 1. The van der Waals surface area contributed by atoms with E-state index in [0.717, 1.165) is 16.7 Å². The molecule has 0 unspecified atom stereocenters. The summed E-state index contributed by atoms with van der Waals surface area (Å²) in [7, 11) is 1.55. The van der Waals surface area contributed by atoms with Gasteiger partial charge in [0.2, 0.25) is 5.69 Å². The third-order valence-electron chi connectivity index (χ3n) is 6.31. The molecule has 0 saturated heterocycles. The maximum absolute atomic E-state index is 14.1. The highest BCUT2D eigenvalue weighted by Crippen LogP contribution is 2.35. The lowest BCUT2D eigenvalue weighted by Gasteiger charge is -2.15. The normalized spacial score (nSPS) is 11.4. The van der Waals surface area contributed by atoms with Gasteiger partial charge in [0.15, 0.2) is 11.4 Å². The summed E-state index contributed by atoms with van der Waals surface area (Å²) in [5.74, 6) is -3.13. The first-order chi connectivity index (χ1) is 17.6. The number of carbonyl (C=O) groups is 1. The molecule has 37 heavy (non-hydrogen) atoms. The van der Waals surface area contributed by atoms with Gasteiger partial charge in [-0.1, -0.05) is 37.3 Å². The van der Waals surface area contributed by atoms with Crippen molar-refractivity contribution >= 4 is 11.6 Å². The number of pyridine rings is 1. The minimum Gasteiger partial charge on any atom is -0.710 e. The van der Waals surface area contributed by atoms with Crippen LogP contribution in [0.15, 0.2) is 54.6 Å². The van der Waals surface area contributed by atoms with Gasteiger partial charge >= 0.3 is 5.82 Å². The molecule has 0 atom stereocenters. The van der Waals surface area contributed by atoms with Gasteiger partial charge in [-0.15, -0.1) is 0 Å². The van der Waals surface area contributed by atoms with Crippen LogP contribution in [0.3, 0.4) is 0 Å². The molecule has 192 valence electrons. The Morgan fingerprint density at radius 3 is 2.43 bits per heavy atom. The molecule has 2 N–H and O–H groups in total. The number of imidazole rings is 1. The highest BCUT2D eigenvalue weighted by molar-refractivity contribution is 6.02. The van der Waals surface area contributed by atoms with E-state index in [9.17, 15) is 18.8 Å². The highest BCUT2D eigenvalue weighted by atomic mass is 19.3. The van der Waals surface area contributed by atoms with Crippen molar-refractivity contribution in [2.45, 2.75) is 40.0 Å². The van der Waals surface area contributed by atoms with E-state index in [1.165, 1.54) is 31.2 Å².